The molecule has 118 valence electrons. The van der Waals surface area contributed by atoms with Crippen LogP contribution in [0.4, 0.5) is 5.69 Å². The zero-order valence-electron chi connectivity index (χ0n) is 13.4. The molecule has 3 nitrogen and oxygen atoms in total. The molecule has 0 saturated carbocycles. The van der Waals surface area contributed by atoms with E-state index in [1.54, 1.807) is 7.11 Å². The van der Waals surface area contributed by atoms with Gasteiger partial charge in [-0.25, -0.2) is 0 Å². The number of halogens is 1. The fourth-order valence-electron chi connectivity index (χ4n) is 3.18. The lowest BCUT2D eigenvalue weighted by atomic mass is 9.91. The largest absolute Gasteiger partial charge is 0.383 e. The minimum atomic E-state index is 0.753. The monoisotopic (exact) mass is 354 g/mol. The van der Waals surface area contributed by atoms with Crippen LogP contribution in [0, 0.1) is 11.8 Å². The standard InChI is InChI=1S/C17H27BrN2O/c1-13-8-14(2)12-20(11-13)17-5-4-15(9-16(17)18)10-19-6-7-21-3/h4-5,9,13-14,19H,6-8,10-12H2,1-3H3. The van der Waals surface area contributed by atoms with Gasteiger partial charge in [0.2, 0.25) is 0 Å². The van der Waals surface area contributed by atoms with Crippen LogP contribution in [0.5, 0.6) is 0 Å². The molecule has 1 fully saturated rings. The highest BCUT2D eigenvalue weighted by Crippen LogP contribution is 2.32. The number of methoxy groups -OCH3 is 1. The zero-order chi connectivity index (χ0) is 15.2. The lowest BCUT2D eigenvalue weighted by molar-refractivity contribution is 0.199. The molecule has 1 aliphatic rings. The SMILES string of the molecule is COCCNCc1ccc(N2CC(C)CC(C)C2)c(Br)c1. The first-order chi connectivity index (χ1) is 10.1. The Hall–Kier alpha value is -0.580. The second-order valence-electron chi connectivity index (χ2n) is 6.31. The fourth-order valence-corrected chi connectivity index (χ4v) is 3.86. The van der Waals surface area contributed by atoms with Gasteiger partial charge in [-0.15, -0.1) is 0 Å². The smallest absolute Gasteiger partial charge is 0.0587 e. The molecule has 0 amide bonds. The van der Waals surface area contributed by atoms with Gasteiger partial charge in [-0.2, -0.15) is 0 Å². The van der Waals surface area contributed by atoms with Crippen LogP contribution in [0.3, 0.4) is 0 Å². The maximum atomic E-state index is 5.04. The number of hydrogen-bond acceptors (Lipinski definition) is 3. The molecule has 0 radical (unpaired) electrons. The Morgan fingerprint density at radius 2 is 2.00 bits per heavy atom. The lowest BCUT2D eigenvalue weighted by Crippen LogP contribution is -2.38. The predicted octanol–water partition coefficient (Wildman–Crippen LogP) is 3.67. The maximum absolute atomic E-state index is 5.04. The van der Waals surface area contributed by atoms with Crippen molar-refractivity contribution in [1.29, 1.82) is 0 Å². The van der Waals surface area contributed by atoms with Crippen LogP contribution < -0.4 is 10.2 Å². The van der Waals surface area contributed by atoms with E-state index in [4.69, 9.17) is 4.74 Å². The van der Waals surface area contributed by atoms with E-state index in [2.05, 4.69) is 58.2 Å². The fraction of sp³-hybridized carbons (Fsp3) is 0.647. The minimum absolute atomic E-state index is 0.753. The summed E-state index contributed by atoms with van der Waals surface area (Å²) in [4.78, 5) is 2.52. The van der Waals surface area contributed by atoms with Crippen LogP contribution in [0.1, 0.15) is 25.8 Å². The summed E-state index contributed by atoms with van der Waals surface area (Å²) in [5.41, 5.74) is 2.63. The summed E-state index contributed by atoms with van der Waals surface area (Å²) in [6.45, 7) is 9.55. The van der Waals surface area contributed by atoms with Crippen molar-refractivity contribution in [3.63, 3.8) is 0 Å². The maximum Gasteiger partial charge on any atom is 0.0587 e. The molecule has 21 heavy (non-hydrogen) atoms. The predicted molar refractivity (Wildman–Crippen MR) is 92.9 cm³/mol. The van der Waals surface area contributed by atoms with Crippen molar-refractivity contribution in [3.05, 3.63) is 28.2 Å². The number of hydrogen-bond donors (Lipinski definition) is 1. The van der Waals surface area contributed by atoms with Crippen molar-refractivity contribution < 1.29 is 4.74 Å². The van der Waals surface area contributed by atoms with Gasteiger partial charge in [-0.3, -0.25) is 0 Å². The highest BCUT2D eigenvalue weighted by Gasteiger charge is 2.23. The molecule has 0 aromatic heterocycles. The van der Waals surface area contributed by atoms with Gasteiger partial charge < -0.3 is 15.0 Å². The molecule has 1 aromatic carbocycles. The molecular weight excluding hydrogens is 328 g/mol. The molecule has 2 atom stereocenters. The van der Waals surface area contributed by atoms with Crippen molar-refractivity contribution in [1.82, 2.24) is 5.32 Å². The van der Waals surface area contributed by atoms with Crippen LogP contribution >= 0.6 is 15.9 Å². The number of nitrogens with one attached hydrogen (secondary N) is 1. The van der Waals surface area contributed by atoms with Crippen molar-refractivity contribution in [3.8, 4) is 0 Å². The number of anilines is 1. The average molecular weight is 355 g/mol. The third-order valence-corrected chi connectivity index (χ3v) is 4.67. The van der Waals surface area contributed by atoms with Gasteiger partial charge in [0, 0.05) is 37.8 Å². The number of benzene rings is 1. The first-order valence-corrected chi connectivity index (χ1v) is 8.62. The molecular formula is C17H27BrN2O. The molecule has 2 unspecified atom stereocenters. The third kappa shape index (κ3) is 4.97. The summed E-state index contributed by atoms with van der Waals surface area (Å²) in [5, 5.41) is 3.38. The summed E-state index contributed by atoms with van der Waals surface area (Å²) >= 11 is 3.75. The van der Waals surface area contributed by atoms with E-state index in [9.17, 15) is 0 Å². The molecule has 0 bridgehead atoms. The van der Waals surface area contributed by atoms with Gasteiger partial charge >= 0.3 is 0 Å². The van der Waals surface area contributed by atoms with E-state index >= 15 is 0 Å². The second-order valence-corrected chi connectivity index (χ2v) is 7.16. The Labute approximate surface area is 137 Å². The number of ether oxygens (including phenoxy) is 1. The van der Waals surface area contributed by atoms with Gasteiger partial charge in [0.05, 0.1) is 12.3 Å². The molecule has 1 saturated heterocycles. The summed E-state index contributed by atoms with van der Waals surface area (Å²) in [6, 6.07) is 6.71. The molecule has 0 spiro atoms. The number of piperidine rings is 1. The van der Waals surface area contributed by atoms with Gasteiger partial charge in [0.15, 0.2) is 0 Å². The number of rotatable bonds is 6. The van der Waals surface area contributed by atoms with Crippen molar-refractivity contribution in [2.45, 2.75) is 26.8 Å². The lowest BCUT2D eigenvalue weighted by Gasteiger charge is -2.37. The summed E-state index contributed by atoms with van der Waals surface area (Å²) in [6.07, 6.45) is 1.34. The van der Waals surface area contributed by atoms with Gasteiger partial charge in [-0.05, 0) is 51.9 Å². The Kier molecular flexibility index (Phi) is 6.52. The van der Waals surface area contributed by atoms with Crippen LogP contribution in [0.25, 0.3) is 0 Å². The Morgan fingerprint density at radius 1 is 1.29 bits per heavy atom. The van der Waals surface area contributed by atoms with Crippen LogP contribution in [0.2, 0.25) is 0 Å². The van der Waals surface area contributed by atoms with Gasteiger partial charge in [0.25, 0.3) is 0 Å². The summed E-state index contributed by atoms with van der Waals surface area (Å²) < 4.78 is 6.25. The highest BCUT2D eigenvalue weighted by atomic mass is 79.9. The van der Waals surface area contributed by atoms with Gasteiger partial charge in [0.1, 0.15) is 0 Å². The first kappa shape index (κ1) is 16.8. The zero-order valence-corrected chi connectivity index (χ0v) is 14.9. The van der Waals surface area contributed by atoms with Crippen molar-refractivity contribution in [2.75, 3.05) is 38.3 Å². The topological polar surface area (TPSA) is 24.5 Å². The molecule has 1 aliphatic heterocycles. The summed E-state index contributed by atoms with van der Waals surface area (Å²) in [7, 11) is 1.73. The average Bonchev–Trinajstić information content (AvgIpc) is 2.42. The van der Waals surface area contributed by atoms with Crippen LogP contribution in [-0.2, 0) is 11.3 Å². The minimum Gasteiger partial charge on any atom is -0.383 e. The van der Waals surface area contributed by atoms with E-state index in [0.29, 0.717) is 0 Å². The van der Waals surface area contributed by atoms with E-state index < -0.39 is 0 Å². The quantitative estimate of drug-likeness (QED) is 0.788. The van der Waals surface area contributed by atoms with Crippen molar-refractivity contribution >= 4 is 21.6 Å². The van der Waals surface area contributed by atoms with E-state index in [1.165, 1.54) is 22.1 Å². The van der Waals surface area contributed by atoms with Crippen LogP contribution in [0.15, 0.2) is 22.7 Å². The van der Waals surface area contributed by atoms with Crippen molar-refractivity contribution in [2.24, 2.45) is 11.8 Å². The molecule has 1 heterocycles. The van der Waals surface area contributed by atoms with E-state index in [1.807, 2.05) is 0 Å². The van der Waals surface area contributed by atoms with Crippen LogP contribution in [-0.4, -0.2) is 33.4 Å². The van der Waals surface area contributed by atoms with Gasteiger partial charge in [-0.1, -0.05) is 19.9 Å². The number of nitrogens with zero attached hydrogens (tertiary/aromatic N) is 1. The van der Waals surface area contributed by atoms with E-state index in [-0.39, 0.29) is 0 Å². The highest BCUT2D eigenvalue weighted by molar-refractivity contribution is 9.10. The first-order valence-electron chi connectivity index (χ1n) is 7.83. The third-order valence-electron chi connectivity index (χ3n) is 4.03. The molecule has 1 aromatic rings. The Bertz CT molecular complexity index is 442. The second kappa shape index (κ2) is 8.16. The molecule has 2 rings (SSSR count). The molecule has 4 heteroatoms. The molecule has 1 N–H and O–H groups in total. The van der Waals surface area contributed by atoms with E-state index in [0.717, 1.165) is 44.6 Å². The Morgan fingerprint density at radius 3 is 2.62 bits per heavy atom. The molecule has 0 aliphatic carbocycles. The Balaban J connectivity index is 1.98. The summed E-state index contributed by atoms with van der Waals surface area (Å²) in [5.74, 6) is 1.55. The normalized spacial score (nSPS) is 22.6.